The van der Waals surface area contributed by atoms with Gasteiger partial charge < -0.3 is 0 Å². The topological polar surface area (TPSA) is 50.3 Å². The van der Waals surface area contributed by atoms with Gasteiger partial charge in [-0.1, -0.05) is 42.0 Å². The van der Waals surface area contributed by atoms with Gasteiger partial charge in [0.2, 0.25) is 10.0 Å². The summed E-state index contributed by atoms with van der Waals surface area (Å²) in [6.07, 6.45) is 1.75. The molecule has 0 aliphatic rings. The predicted molar refractivity (Wildman–Crippen MR) is 97.0 cm³/mol. The molecule has 0 bridgehead atoms. The highest BCUT2D eigenvalue weighted by Gasteiger charge is 2.18. The van der Waals surface area contributed by atoms with E-state index in [0.717, 1.165) is 27.6 Å². The summed E-state index contributed by atoms with van der Waals surface area (Å²) in [6, 6.07) is 17.3. The fourth-order valence-electron chi connectivity index (χ4n) is 2.58. The van der Waals surface area contributed by atoms with Gasteiger partial charge in [0.25, 0.3) is 0 Å². The predicted octanol–water partition coefficient (Wildman–Crippen LogP) is 3.51. The molecule has 5 heteroatoms. The summed E-state index contributed by atoms with van der Waals surface area (Å²) in [5.74, 6) is 0.0128. The number of pyridine rings is 1. The summed E-state index contributed by atoms with van der Waals surface area (Å²) in [4.78, 5) is 4.28. The van der Waals surface area contributed by atoms with Gasteiger partial charge in [0, 0.05) is 25.2 Å². The van der Waals surface area contributed by atoms with Gasteiger partial charge in [-0.3, -0.25) is 4.98 Å². The first kappa shape index (κ1) is 16.6. The molecule has 0 atom stereocenters. The molecule has 24 heavy (non-hydrogen) atoms. The zero-order valence-electron chi connectivity index (χ0n) is 13.8. The Morgan fingerprint density at radius 3 is 2.46 bits per heavy atom. The van der Waals surface area contributed by atoms with E-state index in [1.54, 1.807) is 13.2 Å². The number of hydrogen-bond acceptors (Lipinski definition) is 3. The maximum Gasteiger partial charge on any atom is 0.218 e. The van der Waals surface area contributed by atoms with Gasteiger partial charge >= 0.3 is 0 Å². The van der Waals surface area contributed by atoms with E-state index in [0.29, 0.717) is 6.54 Å². The molecule has 2 aromatic carbocycles. The molecule has 3 rings (SSSR count). The summed E-state index contributed by atoms with van der Waals surface area (Å²) in [5, 5.41) is 1.01. The summed E-state index contributed by atoms with van der Waals surface area (Å²) < 4.78 is 26.5. The lowest BCUT2D eigenvalue weighted by molar-refractivity contribution is 0.466. The highest BCUT2D eigenvalue weighted by molar-refractivity contribution is 7.88. The highest BCUT2D eigenvalue weighted by atomic mass is 32.2. The van der Waals surface area contributed by atoms with Crippen molar-refractivity contribution in [1.82, 2.24) is 9.29 Å². The summed E-state index contributed by atoms with van der Waals surface area (Å²) in [7, 11) is -1.74. The molecule has 4 nitrogen and oxygen atoms in total. The zero-order chi connectivity index (χ0) is 17.2. The third kappa shape index (κ3) is 3.80. The van der Waals surface area contributed by atoms with Crippen molar-refractivity contribution in [3.8, 4) is 0 Å². The van der Waals surface area contributed by atoms with Gasteiger partial charge in [0.05, 0.1) is 11.3 Å². The van der Waals surface area contributed by atoms with E-state index in [1.165, 1.54) is 4.31 Å². The molecule has 1 heterocycles. The van der Waals surface area contributed by atoms with E-state index in [-0.39, 0.29) is 5.75 Å². The number of fused-ring (bicyclic) bond motifs is 1. The fourth-order valence-corrected chi connectivity index (χ4v) is 3.76. The van der Waals surface area contributed by atoms with Gasteiger partial charge in [0.1, 0.15) is 0 Å². The third-order valence-corrected chi connectivity index (χ3v) is 5.79. The molecule has 0 aliphatic carbocycles. The first-order valence-corrected chi connectivity index (χ1v) is 9.38. The molecule has 124 valence electrons. The van der Waals surface area contributed by atoms with Crippen LogP contribution >= 0.6 is 0 Å². The van der Waals surface area contributed by atoms with Crippen molar-refractivity contribution in [3.05, 3.63) is 77.5 Å². The van der Waals surface area contributed by atoms with E-state index in [4.69, 9.17) is 0 Å². The summed E-state index contributed by atoms with van der Waals surface area (Å²) in [5.41, 5.74) is 3.78. The van der Waals surface area contributed by atoms with E-state index in [9.17, 15) is 8.42 Å². The molecular formula is C19H20N2O2S. The van der Waals surface area contributed by atoms with Gasteiger partial charge in [-0.15, -0.1) is 0 Å². The molecule has 0 spiro atoms. The van der Waals surface area contributed by atoms with Crippen molar-refractivity contribution in [3.63, 3.8) is 0 Å². The van der Waals surface area contributed by atoms with Crippen LogP contribution in [0.5, 0.6) is 0 Å². The van der Waals surface area contributed by atoms with Crippen molar-refractivity contribution < 1.29 is 8.42 Å². The molecule has 0 aliphatic heterocycles. The molecule has 0 N–H and O–H groups in total. The maximum atomic E-state index is 12.6. The van der Waals surface area contributed by atoms with E-state index >= 15 is 0 Å². The van der Waals surface area contributed by atoms with Crippen LogP contribution in [0.2, 0.25) is 0 Å². The maximum absolute atomic E-state index is 12.6. The Hall–Kier alpha value is -2.24. The number of sulfonamides is 1. The number of benzene rings is 2. The minimum Gasteiger partial charge on any atom is -0.256 e. The molecule has 0 unspecified atom stereocenters. The first-order valence-electron chi connectivity index (χ1n) is 7.77. The average Bonchev–Trinajstić information content (AvgIpc) is 2.56. The second kappa shape index (κ2) is 6.71. The standard InChI is InChI=1S/C19H20N2O2S/c1-15-5-7-16(8-6-15)14-24(22,23)21(2)13-17-9-10-19-18(12-17)4-3-11-20-19/h3-12H,13-14H2,1-2H3. The number of hydrogen-bond donors (Lipinski definition) is 0. The smallest absolute Gasteiger partial charge is 0.218 e. The average molecular weight is 340 g/mol. The minimum atomic E-state index is -3.36. The van der Waals surface area contributed by atoms with Gasteiger partial charge in [-0.05, 0) is 36.2 Å². The van der Waals surface area contributed by atoms with E-state index < -0.39 is 10.0 Å². The Morgan fingerprint density at radius 2 is 1.71 bits per heavy atom. The normalized spacial score (nSPS) is 12.0. The largest absolute Gasteiger partial charge is 0.256 e. The second-order valence-corrected chi connectivity index (χ2v) is 8.10. The lowest BCUT2D eigenvalue weighted by atomic mass is 10.1. The molecular weight excluding hydrogens is 320 g/mol. The monoisotopic (exact) mass is 340 g/mol. The molecule has 0 saturated carbocycles. The summed E-state index contributed by atoms with van der Waals surface area (Å²) in [6.45, 7) is 2.33. The number of nitrogens with zero attached hydrogens (tertiary/aromatic N) is 2. The van der Waals surface area contributed by atoms with Crippen molar-refractivity contribution in [1.29, 1.82) is 0 Å². The van der Waals surface area contributed by atoms with Crippen molar-refractivity contribution in [2.45, 2.75) is 19.2 Å². The quantitative estimate of drug-likeness (QED) is 0.714. The van der Waals surface area contributed by atoms with Gasteiger partial charge in [-0.2, -0.15) is 0 Å². The Labute approximate surface area is 142 Å². The molecule has 1 aromatic heterocycles. The summed E-state index contributed by atoms with van der Waals surface area (Å²) >= 11 is 0. The Morgan fingerprint density at radius 1 is 1.00 bits per heavy atom. The second-order valence-electron chi connectivity index (χ2n) is 6.03. The Balaban J connectivity index is 1.76. The molecule has 0 saturated heterocycles. The van der Waals surface area contributed by atoms with E-state index in [2.05, 4.69) is 4.98 Å². The van der Waals surface area contributed by atoms with Crippen molar-refractivity contribution >= 4 is 20.9 Å². The van der Waals surface area contributed by atoms with Crippen LogP contribution in [0.4, 0.5) is 0 Å². The molecule has 3 aromatic rings. The minimum absolute atomic E-state index is 0.0128. The first-order chi connectivity index (χ1) is 11.4. The SMILES string of the molecule is Cc1ccc(CS(=O)(=O)N(C)Cc2ccc3ncccc3c2)cc1. The van der Waals surface area contributed by atoms with Crippen LogP contribution in [-0.4, -0.2) is 24.8 Å². The third-order valence-electron chi connectivity index (χ3n) is 4.02. The van der Waals surface area contributed by atoms with Gasteiger partial charge in [-0.25, -0.2) is 12.7 Å². The van der Waals surface area contributed by atoms with Crippen LogP contribution in [0.15, 0.2) is 60.8 Å². The lowest BCUT2D eigenvalue weighted by Gasteiger charge is -2.17. The van der Waals surface area contributed by atoms with E-state index in [1.807, 2.05) is 61.5 Å². The Kier molecular flexibility index (Phi) is 4.64. The van der Waals surface area contributed by atoms with Crippen LogP contribution in [0.1, 0.15) is 16.7 Å². The van der Waals surface area contributed by atoms with Crippen LogP contribution < -0.4 is 0 Å². The fraction of sp³-hybridized carbons (Fsp3) is 0.211. The number of aryl methyl sites for hydroxylation is 1. The highest BCUT2D eigenvalue weighted by Crippen LogP contribution is 2.17. The Bertz CT molecular complexity index is 951. The van der Waals surface area contributed by atoms with Crippen molar-refractivity contribution in [2.75, 3.05) is 7.05 Å². The van der Waals surface area contributed by atoms with Crippen molar-refractivity contribution in [2.24, 2.45) is 0 Å². The van der Waals surface area contributed by atoms with Gasteiger partial charge in [0.15, 0.2) is 0 Å². The molecule has 0 amide bonds. The van der Waals surface area contributed by atoms with Crippen LogP contribution in [0.3, 0.4) is 0 Å². The number of aromatic nitrogens is 1. The zero-order valence-corrected chi connectivity index (χ0v) is 14.6. The van der Waals surface area contributed by atoms with Crippen LogP contribution in [0.25, 0.3) is 10.9 Å². The van der Waals surface area contributed by atoms with Crippen LogP contribution in [-0.2, 0) is 22.3 Å². The molecule has 0 fully saturated rings. The lowest BCUT2D eigenvalue weighted by Crippen LogP contribution is -2.27. The number of rotatable bonds is 5. The molecule has 0 radical (unpaired) electrons. The van der Waals surface area contributed by atoms with Crippen LogP contribution in [0, 0.1) is 6.92 Å².